The summed E-state index contributed by atoms with van der Waals surface area (Å²) in [4.78, 5) is 30.8. The molecule has 0 aliphatic carbocycles. The van der Waals surface area contributed by atoms with Crippen molar-refractivity contribution in [1.82, 2.24) is 0 Å². The normalized spacial score (nSPS) is 18.0. The van der Waals surface area contributed by atoms with Crippen LogP contribution in [0.5, 0.6) is 0 Å². The first-order valence-electron chi connectivity index (χ1n) is 7.76. The van der Waals surface area contributed by atoms with E-state index in [9.17, 15) is 33.4 Å². The Balaban J connectivity index is 2.16. The number of carbonyl (C=O) groups is 1. The number of nitro benzene ring substituents is 2. The van der Waals surface area contributed by atoms with Gasteiger partial charge in [-0.1, -0.05) is 0 Å². The molecule has 1 aromatic rings. The molecule has 1 heterocycles. The van der Waals surface area contributed by atoms with Crippen LogP contribution in [0.1, 0.15) is 19.8 Å². The van der Waals surface area contributed by atoms with Gasteiger partial charge in [-0.15, -0.1) is 0 Å². The van der Waals surface area contributed by atoms with Crippen LogP contribution in [0.3, 0.4) is 0 Å². The Kier molecular flexibility index (Phi) is 6.41. The molecule has 0 aromatic heterocycles. The Morgan fingerprint density at radius 2 is 2.04 bits per heavy atom. The highest BCUT2D eigenvalue weighted by atomic mass is 32.2. The molecule has 148 valence electrons. The number of hydrogen-bond acceptors (Lipinski definition) is 10. The van der Waals surface area contributed by atoms with Crippen LogP contribution < -0.4 is 0 Å². The molecule has 1 aliphatic heterocycles. The fourth-order valence-corrected chi connectivity index (χ4v) is 3.54. The standard InChI is InChI=1S/C14H16N2O10S/c1-9(14(17)25-8-11-3-2-6-24-11)26-27(22,23)13-7-10(15(18)19)4-5-12(13)16(20)21/h4-5,7,9,11H,2-3,6,8H2,1H3/t9-,11?/m0/s1. The van der Waals surface area contributed by atoms with Crippen LogP contribution in [0.4, 0.5) is 11.4 Å². The van der Waals surface area contributed by atoms with Crippen LogP contribution >= 0.6 is 0 Å². The minimum atomic E-state index is -4.85. The maximum Gasteiger partial charge on any atom is 0.336 e. The molecule has 1 fully saturated rings. The molecule has 13 heteroatoms. The van der Waals surface area contributed by atoms with E-state index < -0.39 is 48.3 Å². The van der Waals surface area contributed by atoms with Crippen molar-refractivity contribution in [2.45, 2.75) is 36.9 Å². The number of nitrogens with zero attached hydrogens (tertiary/aromatic N) is 2. The maximum atomic E-state index is 12.3. The van der Waals surface area contributed by atoms with Gasteiger partial charge in [0.25, 0.3) is 11.4 Å². The van der Waals surface area contributed by atoms with Gasteiger partial charge in [0, 0.05) is 24.8 Å². The first-order chi connectivity index (χ1) is 12.6. The lowest BCUT2D eigenvalue weighted by Crippen LogP contribution is -2.29. The molecular weight excluding hydrogens is 388 g/mol. The second-order valence-corrected chi connectivity index (χ2v) is 7.16. The number of esters is 1. The molecule has 0 spiro atoms. The summed E-state index contributed by atoms with van der Waals surface area (Å²) in [5.74, 6) is -1.01. The number of nitro groups is 2. The molecule has 27 heavy (non-hydrogen) atoms. The van der Waals surface area contributed by atoms with Gasteiger partial charge in [-0.3, -0.25) is 24.4 Å². The number of hydrogen-bond donors (Lipinski definition) is 0. The van der Waals surface area contributed by atoms with Crippen molar-refractivity contribution in [3.8, 4) is 0 Å². The van der Waals surface area contributed by atoms with Gasteiger partial charge in [-0.05, 0) is 19.8 Å². The van der Waals surface area contributed by atoms with Crippen molar-refractivity contribution in [2.75, 3.05) is 13.2 Å². The molecule has 0 N–H and O–H groups in total. The van der Waals surface area contributed by atoms with Crippen LogP contribution in [0.15, 0.2) is 23.1 Å². The molecule has 1 aromatic carbocycles. The van der Waals surface area contributed by atoms with Crippen molar-refractivity contribution in [3.05, 3.63) is 38.4 Å². The summed E-state index contributed by atoms with van der Waals surface area (Å²) in [5.41, 5.74) is -1.60. The van der Waals surface area contributed by atoms with E-state index in [1.807, 2.05) is 0 Å². The summed E-state index contributed by atoms with van der Waals surface area (Å²) < 4.78 is 39.5. The molecule has 1 unspecified atom stereocenters. The summed E-state index contributed by atoms with van der Waals surface area (Å²) in [5, 5.41) is 21.8. The van der Waals surface area contributed by atoms with Crippen LogP contribution in [0.2, 0.25) is 0 Å². The van der Waals surface area contributed by atoms with Gasteiger partial charge in [-0.2, -0.15) is 8.42 Å². The molecule has 0 saturated carbocycles. The van der Waals surface area contributed by atoms with Gasteiger partial charge < -0.3 is 9.47 Å². The molecule has 2 atom stereocenters. The first kappa shape index (κ1) is 20.7. The van der Waals surface area contributed by atoms with Crippen molar-refractivity contribution >= 4 is 27.5 Å². The van der Waals surface area contributed by atoms with E-state index in [-0.39, 0.29) is 12.7 Å². The highest BCUT2D eigenvalue weighted by Crippen LogP contribution is 2.30. The fraction of sp³-hybridized carbons (Fsp3) is 0.500. The zero-order valence-electron chi connectivity index (χ0n) is 14.1. The topological polar surface area (TPSA) is 165 Å². The second-order valence-electron chi connectivity index (χ2n) is 5.62. The van der Waals surface area contributed by atoms with Crippen LogP contribution in [0, 0.1) is 20.2 Å². The number of benzene rings is 1. The average Bonchev–Trinajstić information content (AvgIpc) is 3.12. The molecule has 0 bridgehead atoms. The summed E-state index contributed by atoms with van der Waals surface area (Å²) >= 11 is 0. The molecule has 12 nitrogen and oxygen atoms in total. The van der Waals surface area contributed by atoms with Gasteiger partial charge in [0.1, 0.15) is 6.61 Å². The molecule has 1 aliphatic rings. The van der Waals surface area contributed by atoms with E-state index in [0.717, 1.165) is 19.4 Å². The number of non-ortho nitro benzene ring substituents is 1. The molecule has 0 radical (unpaired) electrons. The summed E-state index contributed by atoms with van der Waals surface area (Å²) in [6.07, 6.45) is -0.384. The average molecular weight is 404 g/mol. The summed E-state index contributed by atoms with van der Waals surface area (Å²) in [6, 6.07) is 1.96. The monoisotopic (exact) mass is 404 g/mol. The third-order valence-electron chi connectivity index (χ3n) is 3.66. The predicted octanol–water partition coefficient (Wildman–Crippen LogP) is 1.32. The molecule has 2 rings (SSSR count). The van der Waals surface area contributed by atoms with E-state index >= 15 is 0 Å². The van der Waals surface area contributed by atoms with Crippen LogP contribution in [-0.4, -0.2) is 49.7 Å². The highest BCUT2D eigenvalue weighted by molar-refractivity contribution is 7.87. The van der Waals surface area contributed by atoms with Gasteiger partial charge in [0.05, 0.1) is 16.0 Å². The number of carbonyl (C=O) groups excluding carboxylic acids is 1. The van der Waals surface area contributed by atoms with Crippen molar-refractivity contribution < 1.29 is 36.7 Å². The minimum absolute atomic E-state index is 0.0798. The Morgan fingerprint density at radius 3 is 2.59 bits per heavy atom. The minimum Gasteiger partial charge on any atom is -0.461 e. The van der Waals surface area contributed by atoms with E-state index in [1.165, 1.54) is 0 Å². The first-order valence-corrected chi connectivity index (χ1v) is 9.17. The van der Waals surface area contributed by atoms with E-state index in [4.69, 9.17) is 9.47 Å². The second kappa shape index (κ2) is 8.37. The summed E-state index contributed by atoms with van der Waals surface area (Å²) in [7, 11) is -4.85. The Hall–Kier alpha value is -2.64. The Bertz CT molecular complexity index is 847. The highest BCUT2D eigenvalue weighted by Gasteiger charge is 2.33. The largest absolute Gasteiger partial charge is 0.461 e. The zero-order chi connectivity index (χ0) is 20.2. The SMILES string of the molecule is C[C@H](OS(=O)(=O)c1cc([N+](=O)[O-])ccc1[N+](=O)[O-])C(=O)OCC1CCCO1. The molecule has 1 saturated heterocycles. The van der Waals surface area contributed by atoms with Gasteiger partial charge in [0.2, 0.25) is 0 Å². The van der Waals surface area contributed by atoms with Gasteiger partial charge in [-0.25, -0.2) is 4.79 Å². The van der Waals surface area contributed by atoms with Gasteiger partial charge in [0.15, 0.2) is 11.0 Å². The third kappa shape index (κ3) is 5.18. The zero-order valence-corrected chi connectivity index (χ0v) is 14.9. The van der Waals surface area contributed by atoms with Crippen LogP contribution in [-0.2, 0) is 28.6 Å². The predicted molar refractivity (Wildman–Crippen MR) is 87.4 cm³/mol. The Morgan fingerprint density at radius 1 is 1.33 bits per heavy atom. The van der Waals surface area contributed by atoms with E-state index in [2.05, 4.69) is 4.18 Å². The molecular formula is C14H16N2O10S. The van der Waals surface area contributed by atoms with Gasteiger partial charge >= 0.3 is 16.1 Å². The van der Waals surface area contributed by atoms with E-state index in [0.29, 0.717) is 25.2 Å². The third-order valence-corrected chi connectivity index (χ3v) is 5.07. The number of rotatable bonds is 8. The fourth-order valence-electron chi connectivity index (χ4n) is 2.32. The van der Waals surface area contributed by atoms with Crippen molar-refractivity contribution in [2.24, 2.45) is 0 Å². The maximum absolute atomic E-state index is 12.3. The lowest BCUT2D eigenvalue weighted by atomic mass is 10.2. The summed E-state index contributed by atoms with van der Waals surface area (Å²) in [6.45, 7) is 1.54. The lowest BCUT2D eigenvalue weighted by molar-refractivity contribution is -0.391. The van der Waals surface area contributed by atoms with Crippen molar-refractivity contribution in [3.63, 3.8) is 0 Å². The van der Waals surface area contributed by atoms with Crippen LogP contribution in [0.25, 0.3) is 0 Å². The van der Waals surface area contributed by atoms with E-state index in [1.54, 1.807) is 0 Å². The van der Waals surface area contributed by atoms with Crippen molar-refractivity contribution in [1.29, 1.82) is 0 Å². The molecule has 0 amide bonds. The quantitative estimate of drug-likeness (QED) is 0.267. The smallest absolute Gasteiger partial charge is 0.336 e. The Labute approximate surface area is 153 Å². The number of ether oxygens (including phenoxy) is 2. The lowest BCUT2D eigenvalue weighted by Gasteiger charge is -2.14.